The van der Waals surface area contributed by atoms with Crippen LogP contribution in [0.2, 0.25) is 5.02 Å². The van der Waals surface area contributed by atoms with Crippen molar-refractivity contribution < 1.29 is 27.4 Å². The molecule has 1 aliphatic heterocycles. The quantitative estimate of drug-likeness (QED) is 0.560. The molecule has 160 valence electrons. The Morgan fingerprint density at radius 3 is 1.97 bits per heavy atom. The first-order chi connectivity index (χ1) is 14.8. The van der Waals surface area contributed by atoms with Crippen LogP contribution in [0, 0.1) is 0 Å². The zero-order valence-electron chi connectivity index (χ0n) is 15.8. The van der Waals surface area contributed by atoms with Gasteiger partial charge in [-0.2, -0.15) is 13.2 Å². The van der Waals surface area contributed by atoms with Crippen LogP contribution >= 0.6 is 11.6 Å². The molecule has 0 aromatic heterocycles. The van der Waals surface area contributed by atoms with Crippen LogP contribution in [0.25, 0.3) is 0 Å². The first-order valence-corrected chi connectivity index (χ1v) is 9.58. The number of hydrogen-bond donors (Lipinski definition) is 2. The molecular weight excluding hydrogens is 433 g/mol. The first kappa shape index (κ1) is 20.9. The minimum atomic E-state index is -5.08. The number of carbonyl (C=O) groups excluding carboxylic acids is 1. The van der Waals surface area contributed by atoms with E-state index in [1.165, 1.54) is 18.2 Å². The van der Waals surface area contributed by atoms with Crippen LogP contribution in [0.3, 0.4) is 0 Å². The molecular formula is C22H16ClF3N2O3. The first-order valence-electron chi connectivity index (χ1n) is 9.20. The van der Waals surface area contributed by atoms with Crippen molar-refractivity contribution in [1.82, 2.24) is 10.6 Å². The minimum absolute atomic E-state index is 0.165. The monoisotopic (exact) mass is 448 g/mol. The van der Waals surface area contributed by atoms with Gasteiger partial charge in [-0.1, -0.05) is 72.3 Å². The van der Waals surface area contributed by atoms with Gasteiger partial charge < -0.3 is 14.8 Å². The van der Waals surface area contributed by atoms with Crippen molar-refractivity contribution in [3.05, 3.63) is 95.0 Å². The molecule has 0 saturated carbocycles. The predicted molar refractivity (Wildman–Crippen MR) is 108 cm³/mol. The van der Waals surface area contributed by atoms with Crippen molar-refractivity contribution in [2.75, 3.05) is 0 Å². The van der Waals surface area contributed by atoms with E-state index in [-0.39, 0.29) is 16.5 Å². The maximum absolute atomic E-state index is 13.9. The highest BCUT2D eigenvalue weighted by Crippen LogP contribution is 2.46. The summed E-state index contributed by atoms with van der Waals surface area (Å²) in [5.41, 5.74) is 1.38. The number of rotatable bonds is 4. The number of halogens is 4. The smallest absolute Gasteiger partial charge is 0.424 e. The summed E-state index contributed by atoms with van der Waals surface area (Å²) in [4.78, 5) is 12.7. The summed E-state index contributed by atoms with van der Waals surface area (Å²) in [5.74, 6) is -3.81. The Kier molecular flexibility index (Phi) is 5.41. The van der Waals surface area contributed by atoms with Crippen LogP contribution < -0.4 is 20.1 Å². The van der Waals surface area contributed by atoms with E-state index in [1.54, 1.807) is 66.0 Å². The molecule has 1 heterocycles. The molecule has 0 aliphatic carbocycles. The van der Waals surface area contributed by atoms with E-state index in [9.17, 15) is 18.0 Å². The summed E-state index contributed by atoms with van der Waals surface area (Å²) in [6.45, 7) is 0. The molecule has 0 spiro atoms. The Morgan fingerprint density at radius 2 is 1.42 bits per heavy atom. The fourth-order valence-electron chi connectivity index (χ4n) is 3.18. The largest absolute Gasteiger partial charge is 0.492 e. The number of urea groups is 1. The van der Waals surface area contributed by atoms with Crippen LogP contribution in [-0.4, -0.2) is 18.1 Å². The SMILES string of the molecule is O=C(NC(c1ccccc1)c1ccccc1)NC1(C(F)(F)F)Oc2ccc(Cl)cc2O1. The molecule has 3 aromatic rings. The fraction of sp³-hybridized carbons (Fsp3) is 0.136. The third-order valence-corrected chi connectivity index (χ3v) is 4.84. The molecule has 5 nitrogen and oxygen atoms in total. The molecule has 3 aromatic carbocycles. The van der Waals surface area contributed by atoms with E-state index in [0.29, 0.717) is 11.1 Å². The maximum Gasteiger partial charge on any atom is 0.492 e. The minimum Gasteiger partial charge on any atom is -0.424 e. The second-order valence-corrected chi connectivity index (χ2v) is 7.20. The topological polar surface area (TPSA) is 59.6 Å². The number of amides is 2. The number of nitrogens with one attached hydrogen (secondary N) is 2. The van der Waals surface area contributed by atoms with Crippen molar-refractivity contribution in [3.63, 3.8) is 0 Å². The van der Waals surface area contributed by atoms with Gasteiger partial charge in [-0.15, -0.1) is 0 Å². The summed E-state index contributed by atoms with van der Waals surface area (Å²) in [6, 6.07) is 19.7. The van der Waals surface area contributed by atoms with Gasteiger partial charge in [0.15, 0.2) is 11.5 Å². The van der Waals surface area contributed by atoms with E-state index >= 15 is 0 Å². The molecule has 9 heteroatoms. The zero-order chi connectivity index (χ0) is 22.1. The van der Waals surface area contributed by atoms with Crippen LogP contribution in [0.15, 0.2) is 78.9 Å². The summed E-state index contributed by atoms with van der Waals surface area (Å²) >= 11 is 5.82. The second-order valence-electron chi connectivity index (χ2n) is 6.76. The highest BCUT2D eigenvalue weighted by molar-refractivity contribution is 6.30. The van der Waals surface area contributed by atoms with Crippen molar-refractivity contribution in [1.29, 1.82) is 0 Å². The zero-order valence-corrected chi connectivity index (χ0v) is 16.6. The molecule has 1 atom stereocenters. The average molecular weight is 449 g/mol. The standard InChI is InChI=1S/C22H16ClF3N2O3/c23-16-11-12-17-18(13-16)31-22(30-17,21(24,25)26)28-20(29)27-19(14-7-3-1-4-8-14)15-9-5-2-6-10-15/h1-13,19H,(H2,27,28,29). The predicted octanol–water partition coefficient (Wildman–Crippen LogP) is 5.42. The van der Waals surface area contributed by atoms with E-state index < -0.39 is 24.2 Å². The van der Waals surface area contributed by atoms with Crippen molar-refractivity contribution >= 4 is 17.6 Å². The molecule has 2 amide bonds. The summed E-state index contributed by atoms with van der Waals surface area (Å²) in [5, 5.41) is 4.55. The fourth-order valence-corrected chi connectivity index (χ4v) is 3.34. The highest BCUT2D eigenvalue weighted by atomic mass is 35.5. The van der Waals surface area contributed by atoms with Gasteiger partial charge in [0.1, 0.15) is 0 Å². The van der Waals surface area contributed by atoms with E-state index in [1.807, 2.05) is 0 Å². The van der Waals surface area contributed by atoms with E-state index in [0.717, 1.165) is 0 Å². The molecule has 0 bridgehead atoms. The highest BCUT2D eigenvalue weighted by Gasteiger charge is 2.65. The Labute approximate surface area is 180 Å². The molecule has 31 heavy (non-hydrogen) atoms. The Balaban J connectivity index is 1.60. The molecule has 0 fully saturated rings. The number of carbonyl (C=O) groups is 1. The molecule has 1 aliphatic rings. The van der Waals surface area contributed by atoms with Crippen LogP contribution in [0.4, 0.5) is 18.0 Å². The second kappa shape index (κ2) is 8.03. The lowest BCUT2D eigenvalue weighted by atomic mass is 9.99. The maximum atomic E-state index is 13.9. The summed E-state index contributed by atoms with van der Waals surface area (Å²) in [7, 11) is 0. The van der Waals surface area contributed by atoms with Gasteiger partial charge in [0.25, 0.3) is 0 Å². The molecule has 2 N–H and O–H groups in total. The van der Waals surface area contributed by atoms with Gasteiger partial charge in [0, 0.05) is 11.1 Å². The number of fused-ring (bicyclic) bond motifs is 1. The molecule has 4 rings (SSSR count). The summed E-state index contributed by atoms with van der Waals surface area (Å²) in [6.07, 6.45) is -5.08. The average Bonchev–Trinajstić information content (AvgIpc) is 3.11. The van der Waals surface area contributed by atoms with Gasteiger partial charge in [-0.3, -0.25) is 5.32 Å². The van der Waals surface area contributed by atoms with E-state index in [2.05, 4.69) is 5.32 Å². The van der Waals surface area contributed by atoms with Crippen LogP contribution in [-0.2, 0) is 0 Å². The number of alkyl halides is 3. The lowest BCUT2D eigenvalue weighted by Crippen LogP contribution is -2.66. The lowest BCUT2D eigenvalue weighted by molar-refractivity contribution is -0.317. The van der Waals surface area contributed by atoms with Crippen LogP contribution in [0.1, 0.15) is 17.2 Å². The van der Waals surface area contributed by atoms with Crippen LogP contribution in [0.5, 0.6) is 11.5 Å². The lowest BCUT2D eigenvalue weighted by Gasteiger charge is -2.30. The van der Waals surface area contributed by atoms with Crippen molar-refractivity contribution in [2.24, 2.45) is 0 Å². The van der Waals surface area contributed by atoms with Crippen molar-refractivity contribution in [3.8, 4) is 11.5 Å². The van der Waals surface area contributed by atoms with Gasteiger partial charge >= 0.3 is 18.1 Å². The van der Waals surface area contributed by atoms with Gasteiger partial charge in [0.2, 0.25) is 0 Å². The van der Waals surface area contributed by atoms with E-state index in [4.69, 9.17) is 21.1 Å². The summed E-state index contributed by atoms with van der Waals surface area (Å²) < 4.78 is 51.7. The number of ether oxygens (including phenoxy) is 2. The van der Waals surface area contributed by atoms with Gasteiger partial charge in [-0.25, -0.2) is 4.79 Å². The number of benzene rings is 3. The Morgan fingerprint density at radius 1 is 0.871 bits per heavy atom. The Bertz CT molecular complexity index is 1040. The Hall–Kier alpha value is -3.39. The van der Waals surface area contributed by atoms with Gasteiger partial charge in [-0.05, 0) is 23.3 Å². The third kappa shape index (κ3) is 4.25. The molecule has 1 unspecified atom stereocenters. The van der Waals surface area contributed by atoms with Crippen molar-refractivity contribution in [2.45, 2.75) is 18.1 Å². The molecule has 0 saturated heterocycles. The van der Waals surface area contributed by atoms with Gasteiger partial charge in [0.05, 0.1) is 6.04 Å². The normalized spacial score (nSPS) is 17.5. The molecule has 0 radical (unpaired) electrons. The number of hydrogen-bond acceptors (Lipinski definition) is 3. The third-order valence-electron chi connectivity index (χ3n) is 4.61.